The predicted octanol–water partition coefficient (Wildman–Crippen LogP) is 6.30. The molecule has 0 fully saturated rings. The van der Waals surface area contributed by atoms with Crippen molar-refractivity contribution >= 4 is 35.4 Å². The number of alkyl carbamates (subject to hydrolysis) is 1. The van der Waals surface area contributed by atoms with E-state index in [4.69, 9.17) is 24.1 Å². The lowest BCUT2D eigenvalue weighted by Crippen LogP contribution is -2.42. The van der Waals surface area contributed by atoms with Gasteiger partial charge in [0, 0.05) is 26.5 Å². The number of hydrogen-bond donors (Lipinski definition) is 1. The molecule has 0 saturated carbocycles. The number of methoxy groups -OCH3 is 1. The van der Waals surface area contributed by atoms with Gasteiger partial charge >= 0.3 is 12.2 Å². The molecule has 266 valence electrons. The Hall–Kier alpha value is -2.73. The van der Waals surface area contributed by atoms with Crippen molar-refractivity contribution in [3.63, 3.8) is 0 Å². The molecule has 1 unspecified atom stereocenters. The van der Waals surface area contributed by atoms with Crippen molar-refractivity contribution in [3.05, 3.63) is 16.6 Å². The van der Waals surface area contributed by atoms with Crippen molar-refractivity contribution in [2.75, 3.05) is 26.9 Å². The Morgan fingerprint density at radius 1 is 0.826 bits per heavy atom. The Labute approximate surface area is 281 Å². The van der Waals surface area contributed by atoms with E-state index < -0.39 is 30.2 Å². The number of hydrogen-bond acceptors (Lipinski definition) is 9. The van der Waals surface area contributed by atoms with Crippen LogP contribution in [0, 0.1) is 0 Å². The van der Waals surface area contributed by atoms with E-state index in [0.717, 1.165) is 36.9 Å². The molecule has 0 saturated heterocycles. The average Bonchev–Trinajstić information content (AvgIpc) is 3.48. The van der Waals surface area contributed by atoms with Crippen LogP contribution in [0.25, 0.3) is 0 Å². The molecule has 0 bridgehead atoms. The summed E-state index contributed by atoms with van der Waals surface area (Å²) in [6, 6.07) is 0. The van der Waals surface area contributed by atoms with Crippen LogP contribution in [-0.2, 0) is 36.9 Å². The van der Waals surface area contributed by atoms with Gasteiger partial charge in [0.05, 0.1) is 5.38 Å². The highest BCUT2D eigenvalue weighted by molar-refractivity contribution is 7.07. The second-order valence-corrected chi connectivity index (χ2v) is 12.2. The molecule has 0 radical (unpaired) electrons. The minimum absolute atomic E-state index is 0.0605. The zero-order chi connectivity index (χ0) is 34.4. The number of thiazole rings is 1. The number of aryl methyl sites for hydroxylation is 1. The molecule has 1 rings (SSSR count). The van der Waals surface area contributed by atoms with E-state index in [1.165, 1.54) is 115 Å². The number of rotatable bonds is 25. The minimum Gasteiger partial charge on any atom is -0.550 e. The Bertz CT molecular complexity index is 939. The number of aromatic nitrogens is 1. The number of nitrogens with one attached hydrogen (secondary N) is 1. The quantitative estimate of drug-likeness (QED) is 0.0945. The third-order valence-corrected chi connectivity index (χ3v) is 8.23. The van der Waals surface area contributed by atoms with Gasteiger partial charge in [-0.3, -0.25) is 4.79 Å². The van der Waals surface area contributed by atoms with Gasteiger partial charge in [0.2, 0.25) is 17.1 Å². The number of carbonyl (C=O) groups excluding carboxylic acids is 4. The summed E-state index contributed by atoms with van der Waals surface area (Å²) < 4.78 is 17.8. The first-order chi connectivity index (χ1) is 22.2. The number of amides is 3. The Balaban J connectivity index is 0.00000476. The van der Waals surface area contributed by atoms with Gasteiger partial charge in [0.1, 0.15) is 32.4 Å². The average molecular weight is 672 g/mol. The molecule has 46 heavy (non-hydrogen) atoms. The van der Waals surface area contributed by atoms with Gasteiger partial charge in [0.25, 0.3) is 0 Å². The van der Waals surface area contributed by atoms with Crippen molar-refractivity contribution in [3.8, 4) is 0 Å². The zero-order valence-corrected chi connectivity index (χ0v) is 30.0. The van der Waals surface area contributed by atoms with Gasteiger partial charge in [-0.2, -0.15) is 4.57 Å². The lowest BCUT2D eigenvalue weighted by atomic mass is 10.0. The second kappa shape index (κ2) is 29.7. The number of carboxylic acid groups (broad SMARTS) is 1. The van der Waals surface area contributed by atoms with Crippen LogP contribution in [0.4, 0.5) is 9.59 Å². The van der Waals surface area contributed by atoms with Crippen LogP contribution in [0.15, 0.2) is 10.9 Å². The molecule has 0 spiro atoms. The first-order valence-electron chi connectivity index (χ1n) is 17.2. The molecule has 1 aromatic rings. The number of ether oxygens (including phenoxy) is 3. The number of carboxylic acids is 1. The summed E-state index contributed by atoms with van der Waals surface area (Å²) in [7, 11) is 1.45. The first-order valence-corrected chi connectivity index (χ1v) is 18.1. The van der Waals surface area contributed by atoms with Gasteiger partial charge in [0.15, 0.2) is 0 Å². The first kappa shape index (κ1) is 43.3. The fourth-order valence-corrected chi connectivity index (χ4v) is 5.56. The summed E-state index contributed by atoms with van der Waals surface area (Å²) >= 11 is 1.50. The van der Waals surface area contributed by atoms with Gasteiger partial charge in [-0.15, -0.1) is 0 Å². The number of nitrogens with zero attached hydrogens (tertiary/aromatic N) is 2. The van der Waals surface area contributed by atoms with E-state index in [0.29, 0.717) is 6.54 Å². The largest absolute Gasteiger partial charge is 0.550 e. The molecule has 3 amide bonds. The van der Waals surface area contributed by atoms with Crippen molar-refractivity contribution < 1.29 is 43.1 Å². The van der Waals surface area contributed by atoms with E-state index in [9.17, 15) is 14.4 Å². The summed E-state index contributed by atoms with van der Waals surface area (Å²) in [4.78, 5) is 46.6. The molecular formula is C34H61N3O8S. The molecule has 0 aliphatic rings. The van der Waals surface area contributed by atoms with Gasteiger partial charge in [-0.05, 0) is 20.3 Å². The summed E-state index contributed by atoms with van der Waals surface area (Å²) in [5.41, 5.74) is 2.78. The smallest absolute Gasteiger partial charge is 0.417 e. The van der Waals surface area contributed by atoms with Crippen molar-refractivity contribution in [1.29, 1.82) is 0 Å². The molecule has 1 N–H and O–H groups in total. The maximum absolute atomic E-state index is 12.6. The minimum atomic E-state index is -1.08. The molecule has 0 aliphatic carbocycles. The van der Waals surface area contributed by atoms with Crippen LogP contribution in [0.5, 0.6) is 0 Å². The highest BCUT2D eigenvalue weighted by atomic mass is 32.1. The normalized spacial score (nSPS) is 11.2. The zero-order valence-electron chi connectivity index (χ0n) is 29.1. The molecule has 1 aromatic heterocycles. The Morgan fingerprint density at radius 3 is 1.76 bits per heavy atom. The third-order valence-electron chi connectivity index (χ3n) is 7.45. The molecular weight excluding hydrogens is 610 g/mol. The van der Waals surface area contributed by atoms with Crippen molar-refractivity contribution in [2.45, 2.75) is 150 Å². The third kappa shape index (κ3) is 24.5. The number of imide groups is 1. The monoisotopic (exact) mass is 671 g/mol. The number of aliphatic carboxylic acids is 1. The highest BCUT2D eigenvalue weighted by Gasteiger charge is 2.26. The standard InChI is InChI=1S/C32H57N3O6S.C2H4O2/c1-5-7-8-9-10-11-12-13-14-15-16-17-18-19-20-21-22-33-31(37)40-24-30(39-4)25-41-32(38)35(28(3)36)23-29-26-42-27-34(29)6-2;1-2(3)4/h26-27,30H,5-25H2,1-4H3;1H3,(H,3,4). The summed E-state index contributed by atoms with van der Waals surface area (Å²) in [6.07, 6.45) is 19.0. The van der Waals surface area contributed by atoms with Crippen LogP contribution >= 0.6 is 11.3 Å². The number of unbranched alkanes of at least 4 members (excludes halogenated alkanes) is 15. The fraction of sp³-hybridized carbons (Fsp3) is 0.794. The summed E-state index contributed by atoms with van der Waals surface area (Å²) in [5.74, 6) is -1.49. The van der Waals surface area contributed by atoms with Gasteiger partial charge < -0.3 is 29.4 Å². The van der Waals surface area contributed by atoms with E-state index in [1.54, 1.807) is 0 Å². The van der Waals surface area contributed by atoms with Crippen molar-refractivity contribution in [1.82, 2.24) is 10.2 Å². The van der Waals surface area contributed by atoms with E-state index >= 15 is 0 Å². The number of carbonyl (C=O) groups is 4. The van der Waals surface area contributed by atoms with Crippen LogP contribution in [0.3, 0.4) is 0 Å². The Morgan fingerprint density at radius 2 is 1.30 bits per heavy atom. The lowest BCUT2D eigenvalue weighted by Gasteiger charge is -2.20. The van der Waals surface area contributed by atoms with E-state index in [-0.39, 0.29) is 19.8 Å². The van der Waals surface area contributed by atoms with Gasteiger partial charge in [-0.1, -0.05) is 115 Å². The SMILES string of the molecule is CC(=O)[O-].CCCCCCCCCCCCCCCCCCNC(=O)OCC(COC(=O)N(Cc1csc[n+]1CC)C(C)=O)OC. The predicted molar refractivity (Wildman–Crippen MR) is 178 cm³/mol. The summed E-state index contributed by atoms with van der Waals surface area (Å²) in [5, 5.41) is 13.6. The second-order valence-electron chi connectivity index (χ2n) is 11.5. The molecule has 12 heteroatoms. The topological polar surface area (TPSA) is 138 Å². The molecule has 11 nitrogen and oxygen atoms in total. The molecule has 0 aromatic carbocycles. The summed E-state index contributed by atoms with van der Waals surface area (Å²) in [6.45, 7) is 7.79. The molecule has 1 atom stereocenters. The fourth-order valence-electron chi connectivity index (χ4n) is 4.70. The van der Waals surface area contributed by atoms with Crippen LogP contribution in [0.1, 0.15) is 136 Å². The maximum Gasteiger partial charge on any atom is 0.417 e. The molecule has 1 heterocycles. The van der Waals surface area contributed by atoms with Crippen LogP contribution < -0.4 is 15.0 Å². The Kier molecular flexibility index (Phi) is 27.9. The highest BCUT2D eigenvalue weighted by Crippen LogP contribution is 2.14. The lowest BCUT2D eigenvalue weighted by molar-refractivity contribution is -0.696. The van der Waals surface area contributed by atoms with Crippen molar-refractivity contribution in [2.24, 2.45) is 0 Å². The maximum atomic E-state index is 12.6. The van der Waals surface area contributed by atoms with Crippen LogP contribution in [-0.4, -0.2) is 61.9 Å². The molecule has 0 aliphatic heterocycles. The van der Waals surface area contributed by atoms with E-state index in [1.807, 2.05) is 22.4 Å². The van der Waals surface area contributed by atoms with Gasteiger partial charge in [-0.25, -0.2) is 14.5 Å². The van der Waals surface area contributed by atoms with E-state index in [2.05, 4.69) is 12.2 Å². The van der Waals surface area contributed by atoms with Crippen LogP contribution in [0.2, 0.25) is 0 Å².